The summed E-state index contributed by atoms with van der Waals surface area (Å²) in [6, 6.07) is 7.16. The zero-order chi connectivity index (χ0) is 16.8. The van der Waals surface area contributed by atoms with Crippen molar-refractivity contribution in [3.8, 4) is 0 Å². The molecule has 2 amide bonds. The fraction of sp³-hybridized carbons (Fsp3) is 0.471. The summed E-state index contributed by atoms with van der Waals surface area (Å²) < 4.78 is 4.85. The molecule has 2 rings (SSSR count). The number of hydrogen-bond acceptors (Lipinski definition) is 4. The van der Waals surface area contributed by atoms with E-state index in [-0.39, 0.29) is 31.0 Å². The van der Waals surface area contributed by atoms with Crippen molar-refractivity contribution in [1.29, 1.82) is 0 Å². The molecule has 6 nitrogen and oxygen atoms in total. The molecule has 1 aromatic rings. The number of carbonyl (C=O) groups excluding carboxylic acids is 3. The lowest BCUT2D eigenvalue weighted by atomic mass is 10.1. The Labute approximate surface area is 135 Å². The third-order valence-corrected chi connectivity index (χ3v) is 3.76. The minimum atomic E-state index is -0.639. The van der Waals surface area contributed by atoms with Gasteiger partial charge in [-0.25, -0.2) is 0 Å². The zero-order valence-electron chi connectivity index (χ0n) is 13.4. The van der Waals surface area contributed by atoms with Crippen molar-refractivity contribution in [3.05, 3.63) is 35.4 Å². The Balaban J connectivity index is 1.66. The van der Waals surface area contributed by atoms with Crippen LogP contribution in [0.25, 0.3) is 0 Å². The average Bonchev–Trinajstić information content (AvgIpc) is 3.35. The molecule has 0 aliphatic heterocycles. The Morgan fingerprint density at radius 1 is 1.30 bits per heavy atom. The van der Waals surface area contributed by atoms with Gasteiger partial charge in [0.1, 0.15) is 6.54 Å². The summed E-state index contributed by atoms with van der Waals surface area (Å²) >= 11 is 0. The van der Waals surface area contributed by atoms with Crippen LogP contribution in [0.5, 0.6) is 0 Å². The van der Waals surface area contributed by atoms with Crippen LogP contribution < -0.4 is 10.6 Å². The highest BCUT2D eigenvalue weighted by Crippen LogP contribution is 2.32. The minimum absolute atomic E-state index is 0.113. The third-order valence-electron chi connectivity index (χ3n) is 3.76. The maximum Gasteiger partial charge on any atom is 0.325 e. The molecule has 1 saturated carbocycles. The van der Waals surface area contributed by atoms with E-state index in [1.165, 1.54) is 0 Å². The number of aryl methyl sites for hydroxylation is 1. The quantitative estimate of drug-likeness (QED) is 0.740. The van der Waals surface area contributed by atoms with Gasteiger partial charge in [0.15, 0.2) is 6.61 Å². The highest BCUT2D eigenvalue weighted by Gasteiger charge is 2.28. The highest BCUT2D eigenvalue weighted by atomic mass is 16.5. The summed E-state index contributed by atoms with van der Waals surface area (Å²) in [5.74, 6) is -0.760. The average molecular weight is 318 g/mol. The largest absolute Gasteiger partial charge is 0.454 e. The first-order valence-electron chi connectivity index (χ1n) is 7.75. The fourth-order valence-corrected chi connectivity index (χ4v) is 2.25. The Bertz CT molecular complexity index is 596. The van der Waals surface area contributed by atoms with E-state index in [1.54, 1.807) is 18.2 Å². The molecule has 1 atom stereocenters. The van der Waals surface area contributed by atoms with Crippen LogP contribution in [-0.4, -0.2) is 37.0 Å². The molecule has 0 saturated heterocycles. The van der Waals surface area contributed by atoms with Gasteiger partial charge in [0.25, 0.3) is 11.8 Å². The Hall–Kier alpha value is -2.37. The Morgan fingerprint density at radius 2 is 2.04 bits per heavy atom. The standard InChI is InChI=1S/C17H22N2O4/c1-11-4-3-5-14(8-11)17(22)18-9-16(21)23-10-15(20)19-12(2)13-6-7-13/h3-5,8,12-13H,6-7,9-10H2,1-2H3,(H,18,22)(H,19,20)/t12-/m0/s1. The smallest absolute Gasteiger partial charge is 0.325 e. The van der Waals surface area contributed by atoms with E-state index in [0.29, 0.717) is 11.5 Å². The molecular formula is C17H22N2O4. The second-order valence-corrected chi connectivity index (χ2v) is 5.91. The molecule has 0 spiro atoms. The molecular weight excluding hydrogens is 296 g/mol. The number of esters is 1. The maximum atomic E-state index is 11.9. The Morgan fingerprint density at radius 3 is 2.70 bits per heavy atom. The van der Waals surface area contributed by atoms with E-state index in [2.05, 4.69) is 10.6 Å². The van der Waals surface area contributed by atoms with Crippen LogP contribution in [0.2, 0.25) is 0 Å². The monoisotopic (exact) mass is 318 g/mol. The SMILES string of the molecule is Cc1cccc(C(=O)NCC(=O)OCC(=O)N[C@@H](C)C2CC2)c1. The second-order valence-electron chi connectivity index (χ2n) is 5.91. The van der Waals surface area contributed by atoms with Gasteiger partial charge in [-0.1, -0.05) is 17.7 Å². The summed E-state index contributed by atoms with van der Waals surface area (Å²) in [5.41, 5.74) is 1.44. The van der Waals surface area contributed by atoms with Crippen LogP contribution >= 0.6 is 0 Å². The van der Waals surface area contributed by atoms with Crippen LogP contribution in [0.1, 0.15) is 35.7 Å². The molecule has 0 unspecified atom stereocenters. The third kappa shape index (κ3) is 5.73. The van der Waals surface area contributed by atoms with Crippen molar-refractivity contribution >= 4 is 17.8 Å². The van der Waals surface area contributed by atoms with Crippen molar-refractivity contribution in [2.24, 2.45) is 5.92 Å². The van der Waals surface area contributed by atoms with Crippen LogP contribution in [0.3, 0.4) is 0 Å². The number of carbonyl (C=O) groups is 3. The molecule has 23 heavy (non-hydrogen) atoms. The zero-order valence-corrected chi connectivity index (χ0v) is 13.4. The van der Waals surface area contributed by atoms with Gasteiger partial charge in [-0.05, 0) is 44.7 Å². The van der Waals surface area contributed by atoms with E-state index >= 15 is 0 Å². The van der Waals surface area contributed by atoms with Gasteiger partial charge < -0.3 is 15.4 Å². The number of amides is 2. The van der Waals surface area contributed by atoms with Gasteiger partial charge in [0, 0.05) is 11.6 Å². The molecule has 1 aliphatic carbocycles. The van der Waals surface area contributed by atoms with Gasteiger partial charge in [-0.3, -0.25) is 14.4 Å². The number of ether oxygens (including phenoxy) is 1. The van der Waals surface area contributed by atoms with Crippen molar-refractivity contribution in [1.82, 2.24) is 10.6 Å². The van der Waals surface area contributed by atoms with Crippen LogP contribution in [0, 0.1) is 12.8 Å². The van der Waals surface area contributed by atoms with Crippen LogP contribution in [-0.2, 0) is 14.3 Å². The topological polar surface area (TPSA) is 84.5 Å². The number of benzene rings is 1. The number of hydrogen-bond donors (Lipinski definition) is 2. The van der Waals surface area contributed by atoms with Crippen LogP contribution in [0.15, 0.2) is 24.3 Å². The first-order valence-corrected chi connectivity index (χ1v) is 7.75. The first-order chi connectivity index (χ1) is 11.0. The molecule has 1 aromatic carbocycles. The predicted molar refractivity (Wildman–Crippen MR) is 84.8 cm³/mol. The van der Waals surface area contributed by atoms with E-state index < -0.39 is 5.97 Å². The molecule has 124 valence electrons. The van der Waals surface area contributed by atoms with Gasteiger partial charge >= 0.3 is 5.97 Å². The molecule has 0 aromatic heterocycles. The van der Waals surface area contributed by atoms with E-state index in [1.807, 2.05) is 19.9 Å². The van der Waals surface area contributed by atoms with Gasteiger partial charge in [-0.2, -0.15) is 0 Å². The number of rotatable bonds is 7. The van der Waals surface area contributed by atoms with Crippen molar-refractivity contribution in [2.75, 3.05) is 13.2 Å². The summed E-state index contributed by atoms with van der Waals surface area (Å²) in [6.07, 6.45) is 2.26. The predicted octanol–water partition coefficient (Wildman–Crippen LogP) is 1.18. The molecule has 1 aliphatic rings. The van der Waals surface area contributed by atoms with Crippen molar-refractivity contribution < 1.29 is 19.1 Å². The van der Waals surface area contributed by atoms with Gasteiger partial charge in [0.2, 0.25) is 0 Å². The maximum absolute atomic E-state index is 11.9. The van der Waals surface area contributed by atoms with Crippen molar-refractivity contribution in [3.63, 3.8) is 0 Å². The Kier molecular flexibility index (Phi) is 5.73. The molecule has 0 heterocycles. The van der Waals surface area contributed by atoms with E-state index in [9.17, 15) is 14.4 Å². The molecule has 6 heteroatoms. The van der Waals surface area contributed by atoms with E-state index in [0.717, 1.165) is 18.4 Å². The summed E-state index contributed by atoms with van der Waals surface area (Å²) in [7, 11) is 0. The lowest BCUT2D eigenvalue weighted by molar-refractivity contribution is -0.147. The lowest BCUT2D eigenvalue weighted by Gasteiger charge is -2.12. The lowest BCUT2D eigenvalue weighted by Crippen LogP contribution is -2.38. The van der Waals surface area contributed by atoms with Gasteiger partial charge in [-0.15, -0.1) is 0 Å². The van der Waals surface area contributed by atoms with Gasteiger partial charge in [0.05, 0.1) is 0 Å². The normalized spacial score (nSPS) is 14.7. The summed E-state index contributed by atoms with van der Waals surface area (Å²) in [5, 5.41) is 5.26. The highest BCUT2D eigenvalue weighted by molar-refractivity contribution is 5.96. The summed E-state index contributed by atoms with van der Waals surface area (Å²) in [6.45, 7) is 3.24. The first kappa shape index (κ1) is 17.0. The van der Waals surface area contributed by atoms with E-state index in [4.69, 9.17) is 4.74 Å². The molecule has 0 radical (unpaired) electrons. The molecule has 2 N–H and O–H groups in total. The van der Waals surface area contributed by atoms with Crippen LogP contribution in [0.4, 0.5) is 0 Å². The van der Waals surface area contributed by atoms with Crippen molar-refractivity contribution in [2.45, 2.75) is 32.7 Å². The fourth-order valence-electron chi connectivity index (χ4n) is 2.25. The minimum Gasteiger partial charge on any atom is -0.454 e. The molecule has 1 fully saturated rings. The number of nitrogens with one attached hydrogen (secondary N) is 2. The second kappa shape index (κ2) is 7.76. The molecule has 0 bridgehead atoms. The summed E-state index contributed by atoms with van der Waals surface area (Å²) in [4.78, 5) is 35.0.